The Balaban J connectivity index is 1.76. The zero-order valence-corrected chi connectivity index (χ0v) is 12.3. The number of rotatable bonds is 4. The highest BCUT2D eigenvalue weighted by molar-refractivity contribution is 7.16. The summed E-state index contributed by atoms with van der Waals surface area (Å²) in [7, 11) is 1.57. The molecule has 3 rings (SSSR count). The van der Waals surface area contributed by atoms with Crippen LogP contribution >= 0.6 is 11.3 Å². The molecule has 0 spiro atoms. The number of benzene rings is 2. The van der Waals surface area contributed by atoms with E-state index in [-0.39, 0.29) is 0 Å². The fraction of sp³-hybridized carbons (Fsp3) is 0.125. The van der Waals surface area contributed by atoms with Crippen molar-refractivity contribution in [2.24, 2.45) is 0 Å². The summed E-state index contributed by atoms with van der Waals surface area (Å²) in [5.74, 6) is 0.606. The summed E-state index contributed by atoms with van der Waals surface area (Å²) in [6.45, 7) is 0.673. The molecule has 1 aromatic heterocycles. The van der Waals surface area contributed by atoms with Crippen LogP contribution in [0.4, 0.5) is 5.69 Å². The topological polar surface area (TPSA) is 57.9 Å². The maximum Gasteiger partial charge on any atom is 0.136 e. The Bertz CT molecular complexity index is 820. The van der Waals surface area contributed by atoms with Gasteiger partial charge in [-0.15, -0.1) is 11.3 Å². The summed E-state index contributed by atoms with van der Waals surface area (Å²) >= 11 is 1.63. The van der Waals surface area contributed by atoms with Gasteiger partial charge in [0.05, 0.1) is 28.4 Å². The lowest BCUT2D eigenvalue weighted by molar-refractivity contribution is 0.413. The van der Waals surface area contributed by atoms with Crippen molar-refractivity contribution in [3.05, 3.63) is 53.0 Å². The molecule has 1 N–H and O–H groups in total. The lowest BCUT2D eigenvalue weighted by Gasteiger charge is -2.09. The van der Waals surface area contributed by atoms with Crippen molar-refractivity contribution >= 4 is 27.2 Å². The molecule has 0 unspecified atom stereocenters. The quantitative estimate of drug-likeness (QED) is 0.795. The molecule has 1 heterocycles. The van der Waals surface area contributed by atoms with E-state index in [0.717, 1.165) is 21.5 Å². The molecule has 4 nitrogen and oxygen atoms in total. The fourth-order valence-corrected chi connectivity index (χ4v) is 2.82. The molecular formula is C16H13N3OS. The highest BCUT2D eigenvalue weighted by atomic mass is 32.1. The number of fused-ring (bicyclic) bond motifs is 1. The lowest BCUT2D eigenvalue weighted by atomic mass is 10.1. The van der Waals surface area contributed by atoms with Gasteiger partial charge < -0.3 is 10.1 Å². The van der Waals surface area contributed by atoms with Gasteiger partial charge in [-0.05, 0) is 35.9 Å². The molecule has 0 atom stereocenters. The van der Waals surface area contributed by atoms with Crippen LogP contribution in [0.1, 0.15) is 11.1 Å². The van der Waals surface area contributed by atoms with Crippen molar-refractivity contribution in [3.8, 4) is 11.8 Å². The molecule has 21 heavy (non-hydrogen) atoms. The molecule has 2 aromatic carbocycles. The number of aromatic nitrogens is 1. The zero-order chi connectivity index (χ0) is 14.7. The molecule has 0 aliphatic carbocycles. The first-order chi connectivity index (χ1) is 10.3. The normalized spacial score (nSPS) is 10.3. The molecular weight excluding hydrogens is 282 g/mol. The number of hydrogen-bond acceptors (Lipinski definition) is 5. The largest absolute Gasteiger partial charge is 0.495 e. The standard InChI is InChI=1S/C16H13N3OS/c1-20-15-6-11(2-3-12(15)8-17)9-18-13-4-5-14-16(7-13)21-10-19-14/h2-7,10,18H,9H2,1H3. The summed E-state index contributed by atoms with van der Waals surface area (Å²) in [6.07, 6.45) is 0. The predicted molar refractivity (Wildman–Crippen MR) is 84.7 cm³/mol. The molecule has 0 radical (unpaired) electrons. The average Bonchev–Trinajstić information content (AvgIpc) is 3.00. The van der Waals surface area contributed by atoms with E-state index in [9.17, 15) is 0 Å². The number of methoxy groups -OCH3 is 1. The van der Waals surface area contributed by atoms with Crippen LogP contribution in [0, 0.1) is 11.3 Å². The Morgan fingerprint density at radius 2 is 2.19 bits per heavy atom. The number of anilines is 1. The molecule has 5 heteroatoms. The third-order valence-corrected chi connectivity index (χ3v) is 4.01. The second-order valence-corrected chi connectivity index (χ2v) is 5.42. The van der Waals surface area contributed by atoms with E-state index in [0.29, 0.717) is 17.9 Å². The van der Waals surface area contributed by atoms with Crippen LogP contribution in [0.15, 0.2) is 41.9 Å². The molecule has 0 saturated heterocycles. The number of thiazole rings is 1. The van der Waals surface area contributed by atoms with Gasteiger partial charge in [0.25, 0.3) is 0 Å². The lowest BCUT2D eigenvalue weighted by Crippen LogP contribution is -2.00. The van der Waals surface area contributed by atoms with E-state index < -0.39 is 0 Å². The number of ether oxygens (including phenoxy) is 1. The molecule has 0 saturated carbocycles. The molecule has 0 amide bonds. The molecule has 0 aliphatic heterocycles. The maximum atomic E-state index is 8.98. The van der Waals surface area contributed by atoms with Gasteiger partial charge >= 0.3 is 0 Å². The van der Waals surface area contributed by atoms with E-state index in [1.54, 1.807) is 24.5 Å². The summed E-state index contributed by atoms with van der Waals surface area (Å²) in [6, 6.07) is 13.8. The summed E-state index contributed by atoms with van der Waals surface area (Å²) in [4.78, 5) is 4.26. The highest BCUT2D eigenvalue weighted by Crippen LogP contribution is 2.23. The molecule has 0 fully saturated rings. The monoisotopic (exact) mass is 295 g/mol. The van der Waals surface area contributed by atoms with Gasteiger partial charge in [-0.25, -0.2) is 4.98 Å². The van der Waals surface area contributed by atoms with Gasteiger partial charge in [0, 0.05) is 12.2 Å². The predicted octanol–water partition coefficient (Wildman–Crippen LogP) is 3.79. The second-order valence-electron chi connectivity index (χ2n) is 4.53. The second kappa shape index (κ2) is 5.81. The van der Waals surface area contributed by atoms with E-state index in [2.05, 4.69) is 22.4 Å². The minimum atomic E-state index is 0.548. The van der Waals surface area contributed by atoms with Gasteiger partial charge in [-0.3, -0.25) is 0 Å². The Labute approximate surface area is 126 Å². The van der Waals surface area contributed by atoms with Crippen molar-refractivity contribution in [1.82, 2.24) is 4.98 Å². The van der Waals surface area contributed by atoms with Gasteiger partial charge in [-0.2, -0.15) is 5.26 Å². The van der Waals surface area contributed by atoms with Crippen LogP contribution < -0.4 is 10.1 Å². The Hall–Kier alpha value is -2.58. The van der Waals surface area contributed by atoms with E-state index >= 15 is 0 Å². The van der Waals surface area contributed by atoms with Gasteiger partial charge in [0.15, 0.2) is 0 Å². The van der Waals surface area contributed by atoms with Crippen molar-refractivity contribution in [3.63, 3.8) is 0 Å². The van der Waals surface area contributed by atoms with Gasteiger partial charge in [0.2, 0.25) is 0 Å². The number of nitrogens with zero attached hydrogens (tertiary/aromatic N) is 2. The molecule has 0 bridgehead atoms. The average molecular weight is 295 g/mol. The number of hydrogen-bond donors (Lipinski definition) is 1. The highest BCUT2D eigenvalue weighted by Gasteiger charge is 2.04. The minimum absolute atomic E-state index is 0.548. The first kappa shape index (κ1) is 13.4. The first-order valence-corrected chi connectivity index (χ1v) is 7.32. The van der Waals surface area contributed by atoms with Crippen LogP contribution in [-0.2, 0) is 6.54 Å². The van der Waals surface area contributed by atoms with Crippen molar-refractivity contribution in [2.45, 2.75) is 6.54 Å². The SMILES string of the molecule is COc1cc(CNc2ccc3ncsc3c2)ccc1C#N. The fourth-order valence-electron chi connectivity index (χ4n) is 2.11. The van der Waals surface area contributed by atoms with E-state index in [1.165, 1.54) is 0 Å². The van der Waals surface area contributed by atoms with Crippen molar-refractivity contribution in [2.75, 3.05) is 12.4 Å². The summed E-state index contributed by atoms with van der Waals surface area (Å²) in [5.41, 5.74) is 5.53. The Morgan fingerprint density at radius 1 is 1.29 bits per heavy atom. The van der Waals surface area contributed by atoms with Crippen LogP contribution in [0.25, 0.3) is 10.2 Å². The third kappa shape index (κ3) is 2.81. The number of nitrogens with one attached hydrogen (secondary N) is 1. The van der Waals surface area contributed by atoms with Crippen molar-refractivity contribution < 1.29 is 4.74 Å². The van der Waals surface area contributed by atoms with Gasteiger partial charge in [0.1, 0.15) is 11.8 Å². The van der Waals surface area contributed by atoms with Crippen LogP contribution in [0.2, 0.25) is 0 Å². The zero-order valence-electron chi connectivity index (χ0n) is 11.5. The van der Waals surface area contributed by atoms with Crippen LogP contribution in [0.5, 0.6) is 5.75 Å². The Morgan fingerprint density at radius 3 is 3.00 bits per heavy atom. The molecule has 104 valence electrons. The van der Waals surface area contributed by atoms with Crippen LogP contribution in [-0.4, -0.2) is 12.1 Å². The summed E-state index contributed by atoms with van der Waals surface area (Å²) in [5, 5.41) is 12.4. The third-order valence-electron chi connectivity index (χ3n) is 3.21. The molecule has 0 aliphatic rings. The summed E-state index contributed by atoms with van der Waals surface area (Å²) < 4.78 is 6.38. The first-order valence-electron chi connectivity index (χ1n) is 6.44. The minimum Gasteiger partial charge on any atom is -0.495 e. The van der Waals surface area contributed by atoms with Crippen LogP contribution in [0.3, 0.4) is 0 Å². The van der Waals surface area contributed by atoms with Crippen molar-refractivity contribution in [1.29, 1.82) is 5.26 Å². The molecule has 3 aromatic rings. The smallest absolute Gasteiger partial charge is 0.136 e. The van der Waals surface area contributed by atoms with E-state index in [1.807, 2.05) is 29.8 Å². The Kier molecular flexibility index (Phi) is 3.71. The van der Waals surface area contributed by atoms with Gasteiger partial charge in [-0.1, -0.05) is 6.07 Å². The van der Waals surface area contributed by atoms with E-state index in [4.69, 9.17) is 10.00 Å². The number of nitriles is 1. The maximum absolute atomic E-state index is 8.98.